The van der Waals surface area contributed by atoms with Crippen molar-refractivity contribution in [2.45, 2.75) is 12.5 Å². The van der Waals surface area contributed by atoms with E-state index in [9.17, 15) is 14.4 Å². The molecule has 0 radical (unpaired) electrons. The monoisotopic (exact) mass is 384 g/mol. The van der Waals surface area contributed by atoms with Crippen molar-refractivity contribution in [3.8, 4) is 0 Å². The van der Waals surface area contributed by atoms with Crippen molar-refractivity contribution >= 4 is 17.8 Å². The predicted octanol–water partition coefficient (Wildman–Crippen LogP) is 1.33. The Hall–Kier alpha value is -3.19. The number of esters is 1. The van der Waals surface area contributed by atoms with Gasteiger partial charge in [0.2, 0.25) is 0 Å². The SMILES string of the molecule is COCCNC(=O)COC(=O)[C@@H](Cc1ccccc1)NC(=O)c1ccccc1. The summed E-state index contributed by atoms with van der Waals surface area (Å²) in [6.07, 6.45) is 0.254. The number of benzene rings is 2. The molecule has 0 aliphatic heterocycles. The zero-order valence-corrected chi connectivity index (χ0v) is 15.7. The lowest BCUT2D eigenvalue weighted by Crippen LogP contribution is -2.44. The summed E-state index contributed by atoms with van der Waals surface area (Å²) in [5, 5.41) is 5.26. The fraction of sp³-hybridized carbons (Fsp3) is 0.286. The number of carbonyl (C=O) groups is 3. The topological polar surface area (TPSA) is 93.7 Å². The first kappa shape index (κ1) is 21.1. The van der Waals surface area contributed by atoms with Crippen LogP contribution in [0.25, 0.3) is 0 Å². The molecule has 2 rings (SSSR count). The van der Waals surface area contributed by atoms with Crippen molar-refractivity contribution in [1.29, 1.82) is 0 Å². The molecule has 2 aromatic rings. The molecule has 0 unspecified atom stereocenters. The predicted molar refractivity (Wildman–Crippen MR) is 104 cm³/mol. The van der Waals surface area contributed by atoms with Crippen LogP contribution in [0.5, 0.6) is 0 Å². The Labute approximate surface area is 164 Å². The van der Waals surface area contributed by atoms with E-state index in [1.165, 1.54) is 7.11 Å². The molecule has 0 heterocycles. The lowest BCUT2D eigenvalue weighted by Gasteiger charge is -2.18. The Morgan fingerprint density at radius 2 is 1.61 bits per heavy atom. The van der Waals surface area contributed by atoms with Crippen molar-refractivity contribution in [3.05, 3.63) is 71.8 Å². The number of carbonyl (C=O) groups excluding carboxylic acids is 3. The molecule has 1 atom stereocenters. The van der Waals surface area contributed by atoms with Crippen LogP contribution in [0.3, 0.4) is 0 Å². The number of rotatable bonds is 10. The second kappa shape index (κ2) is 11.5. The second-order valence-corrected chi connectivity index (χ2v) is 6.03. The smallest absolute Gasteiger partial charge is 0.329 e. The molecule has 7 nitrogen and oxygen atoms in total. The summed E-state index contributed by atoms with van der Waals surface area (Å²) >= 11 is 0. The molecule has 28 heavy (non-hydrogen) atoms. The molecule has 148 valence electrons. The highest BCUT2D eigenvalue weighted by Crippen LogP contribution is 2.07. The zero-order chi connectivity index (χ0) is 20.2. The zero-order valence-electron chi connectivity index (χ0n) is 15.7. The van der Waals surface area contributed by atoms with Crippen molar-refractivity contribution < 1.29 is 23.9 Å². The molecule has 0 bridgehead atoms. The molecule has 2 amide bonds. The summed E-state index contributed by atoms with van der Waals surface area (Å²) in [6.45, 7) is 0.267. The summed E-state index contributed by atoms with van der Waals surface area (Å²) in [5.74, 6) is -1.49. The third-order valence-corrected chi connectivity index (χ3v) is 3.88. The first-order valence-electron chi connectivity index (χ1n) is 8.92. The Morgan fingerprint density at radius 1 is 0.964 bits per heavy atom. The quantitative estimate of drug-likeness (QED) is 0.476. The van der Waals surface area contributed by atoms with Gasteiger partial charge in [-0.1, -0.05) is 48.5 Å². The average molecular weight is 384 g/mol. The molecule has 0 aromatic heterocycles. The maximum absolute atomic E-state index is 12.5. The number of amides is 2. The summed E-state index contributed by atoms with van der Waals surface area (Å²) in [6, 6.07) is 16.9. The van der Waals surface area contributed by atoms with E-state index in [1.807, 2.05) is 30.3 Å². The summed E-state index contributed by atoms with van der Waals surface area (Å²) in [5.41, 5.74) is 1.30. The highest BCUT2D eigenvalue weighted by Gasteiger charge is 2.24. The van der Waals surface area contributed by atoms with E-state index in [2.05, 4.69) is 10.6 Å². The Morgan fingerprint density at radius 3 is 2.25 bits per heavy atom. The molecule has 0 saturated carbocycles. The van der Waals surface area contributed by atoms with Gasteiger partial charge in [-0.05, 0) is 17.7 Å². The fourth-order valence-corrected chi connectivity index (χ4v) is 2.46. The molecular weight excluding hydrogens is 360 g/mol. The van der Waals surface area contributed by atoms with Gasteiger partial charge in [-0.25, -0.2) is 4.79 Å². The largest absolute Gasteiger partial charge is 0.454 e. The van der Waals surface area contributed by atoms with Gasteiger partial charge < -0.3 is 20.1 Å². The molecular formula is C21H24N2O5. The first-order chi connectivity index (χ1) is 13.6. The van der Waals surface area contributed by atoms with Crippen LogP contribution >= 0.6 is 0 Å². The Balaban J connectivity index is 1.99. The maximum Gasteiger partial charge on any atom is 0.329 e. The lowest BCUT2D eigenvalue weighted by atomic mass is 10.1. The fourth-order valence-electron chi connectivity index (χ4n) is 2.46. The number of hydrogen-bond donors (Lipinski definition) is 2. The van der Waals surface area contributed by atoms with Crippen LogP contribution in [0.1, 0.15) is 15.9 Å². The molecule has 0 aliphatic rings. The van der Waals surface area contributed by atoms with Gasteiger partial charge in [-0.3, -0.25) is 9.59 Å². The number of ether oxygens (including phenoxy) is 2. The van der Waals surface area contributed by atoms with Gasteiger partial charge in [-0.2, -0.15) is 0 Å². The van der Waals surface area contributed by atoms with Gasteiger partial charge in [0.25, 0.3) is 11.8 Å². The van der Waals surface area contributed by atoms with E-state index in [0.717, 1.165) is 5.56 Å². The van der Waals surface area contributed by atoms with Gasteiger partial charge >= 0.3 is 5.97 Å². The number of methoxy groups -OCH3 is 1. The second-order valence-electron chi connectivity index (χ2n) is 6.03. The van der Waals surface area contributed by atoms with Crippen LogP contribution in [-0.4, -0.2) is 50.7 Å². The molecule has 2 aromatic carbocycles. The molecule has 0 saturated heterocycles. The number of hydrogen-bond acceptors (Lipinski definition) is 5. The molecule has 2 N–H and O–H groups in total. The van der Waals surface area contributed by atoms with Gasteiger partial charge in [0, 0.05) is 25.6 Å². The molecule has 7 heteroatoms. The lowest BCUT2D eigenvalue weighted by molar-refractivity contribution is -0.150. The highest BCUT2D eigenvalue weighted by molar-refractivity contribution is 5.97. The minimum Gasteiger partial charge on any atom is -0.454 e. The summed E-state index contributed by atoms with van der Waals surface area (Å²) in [7, 11) is 1.52. The summed E-state index contributed by atoms with van der Waals surface area (Å²) in [4.78, 5) is 36.7. The normalized spacial score (nSPS) is 11.3. The maximum atomic E-state index is 12.5. The van der Waals surface area contributed by atoms with Gasteiger partial charge in [0.15, 0.2) is 6.61 Å². The van der Waals surface area contributed by atoms with E-state index in [0.29, 0.717) is 18.7 Å². The highest BCUT2D eigenvalue weighted by atomic mass is 16.5. The van der Waals surface area contributed by atoms with E-state index < -0.39 is 24.5 Å². The van der Waals surface area contributed by atoms with Gasteiger partial charge in [0.05, 0.1) is 6.61 Å². The van der Waals surface area contributed by atoms with Crippen LogP contribution in [0.2, 0.25) is 0 Å². The molecule has 0 fully saturated rings. The third kappa shape index (κ3) is 7.20. The van der Waals surface area contributed by atoms with Crippen molar-refractivity contribution in [2.75, 3.05) is 26.9 Å². The molecule has 0 spiro atoms. The van der Waals surface area contributed by atoms with Gasteiger partial charge in [0.1, 0.15) is 6.04 Å². The van der Waals surface area contributed by atoms with Gasteiger partial charge in [-0.15, -0.1) is 0 Å². The van der Waals surface area contributed by atoms with E-state index in [4.69, 9.17) is 9.47 Å². The van der Waals surface area contributed by atoms with Crippen molar-refractivity contribution in [3.63, 3.8) is 0 Å². The van der Waals surface area contributed by atoms with E-state index in [1.54, 1.807) is 30.3 Å². The minimum atomic E-state index is -0.915. The molecule has 0 aliphatic carbocycles. The Bertz CT molecular complexity index is 765. The average Bonchev–Trinajstić information content (AvgIpc) is 2.73. The van der Waals surface area contributed by atoms with Crippen LogP contribution < -0.4 is 10.6 Å². The van der Waals surface area contributed by atoms with Crippen LogP contribution in [0.15, 0.2) is 60.7 Å². The van der Waals surface area contributed by atoms with Crippen LogP contribution in [0.4, 0.5) is 0 Å². The summed E-state index contributed by atoms with van der Waals surface area (Å²) < 4.78 is 9.94. The third-order valence-electron chi connectivity index (χ3n) is 3.88. The van der Waals surface area contributed by atoms with Crippen LogP contribution in [0, 0.1) is 0 Å². The standard InChI is InChI=1S/C21H24N2O5/c1-27-13-12-22-19(24)15-28-21(26)18(14-16-8-4-2-5-9-16)23-20(25)17-10-6-3-7-11-17/h2-11,18H,12-15H2,1H3,(H,22,24)(H,23,25)/t18-/m1/s1. The van der Waals surface area contributed by atoms with Crippen LogP contribution in [-0.2, 0) is 25.5 Å². The minimum absolute atomic E-state index is 0.254. The number of nitrogens with one attached hydrogen (secondary N) is 2. The first-order valence-corrected chi connectivity index (χ1v) is 8.92. The van der Waals surface area contributed by atoms with Crippen molar-refractivity contribution in [2.24, 2.45) is 0 Å². The Kier molecular flexibility index (Phi) is 8.68. The van der Waals surface area contributed by atoms with Crippen molar-refractivity contribution in [1.82, 2.24) is 10.6 Å². The van der Waals surface area contributed by atoms with E-state index in [-0.39, 0.29) is 12.3 Å². The van der Waals surface area contributed by atoms with E-state index >= 15 is 0 Å².